The fourth-order valence-electron chi connectivity index (χ4n) is 4.82. The fraction of sp³-hybridized carbons (Fsp3) is 0.480. The molecule has 2 saturated heterocycles. The average Bonchev–Trinajstić information content (AvgIpc) is 2.77. The standard InChI is InChI=1S/C25H33N3O2/c1-26-14-16-27(17-15-26)19-20-10-12-28(13-11-20)24(25(29)30)23-9-5-8-22(18-23)21-6-3-2-4-7-21/h2-9,18,20,24H,10-17,19H2,1H3,(H,29,30). The first-order chi connectivity index (χ1) is 14.6. The smallest absolute Gasteiger partial charge is 0.325 e. The van der Waals surface area contributed by atoms with E-state index in [4.69, 9.17) is 0 Å². The van der Waals surface area contributed by atoms with Gasteiger partial charge in [-0.1, -0.05) is 48.5 Å². The molecule has 4 rings (SSSR count). The summed E-state index contributed by atoms with van der Waals surface area (Å²) in [7, 11) is 2.19. The molecule has 2 aromatic rings. The van der Waals surface area contributed by atoms with Crippen LogP contribution in [-0.2, 0) is 4.79 Å². The number of aliphatic carboxylic acids is 1. The maximum absolute atomic E-state index is 12.2. The number of carboxylic acids is 1. The van der Waals surface area contributed by atoms with E-state index in [1.54, 1.807) is 0 Å². The van der Waals surface area contributed by atoms with E-state index in [-0.39, 0.29) is 0 Å². The van der Waals surface area contributed by atoms with E-state index in [1.807, 2.05) is 36.4 Å². The Balaban J connectivity index is 1.40. The van der Waals surface area contributed by atoms with Gasteiger partial charge in [-0.3, -0.25) is 9.69 Å². The van der Waals surface area contributed by atoms with Gasteiger partial charge in [0.1, 0.15) is 6.04 Å². The molecule has 0 aliphatic carbocycles. The average molecular weight is 408 g/mol. The van der Waals surface area contributed by atoms with E-state index in [9.17, 15) is 9.90 Å². The monoisotopic (exact) mass is 407 g/mol. The van der Waals surface area contributed by atoms with Crippen LogP contribution in [0.2, 0.25) is 0 Å². The van der Waals surface area contributed by atoms with Gasteiger partial charge in [-0.15, -0.1) is 0 Å². The van der Waals surface area contributed by atoms with Crippen LogP contribution in [0.15, 0.2) is 54.6 Å². The summed E-state index contributed by atoms with van der Waals surface area (Å²) in [5.41, 5.74) is 3.07. The van der Waals surface area contributed by atoms with Crippen molar-refractivity contribution in [1.29, 1.82) is 0 Å². The third-order valence-corrected chi connectivity index (χ3v) is 6.67. The summed E-state index contributed by atoms with van der Waals surface area (Å²) in [5, 5.41) is 10.0. The molecule has 2 aliphatic rings. The third kappa shape index (κ3) is 5.09. The zero-order chi connectivity index (χ0) is 20.9. The van der Waals surface area contributed by atoms with Crippen LogP contribution in [0.3, 0.4) is 0 Å². The summed E-state index contributed by atoms with van der Waals surface area (Å²) in [6, 6.07) is 17.6. The zero-order valence-corrected chi connectivity index (χ0v) is 17.9. The summed E-state index contributed by atoms with van der Waals surface area (Å²) >= 11 is 0. The topological polar surface area (TPSA) is 47.0 Å². The van der Waals surface area contributed by atoms with E-state index in [2.05, 4.69) is 39.9 Å². The minimum Gasteiger partial charge on any atom is -0.480 e. The molecule has 2 heterocycles. The lowest BCUT2D eigenvalue weighted by molar-refractivity contribution is -0.144. The fourth-order valence-corrected chi connectivity index (χ4v) is 4.82. The number of piperidine rings is 1. The quantitative estimate of drug-likeness (QED) is 0.795. The first-order valence-electron chi connectivity index (χ1n) is 11.1. The molecule has 5 nitrogen and oxygen atoms in total. The van der Waals surface area contributed by atoms with Crippen molar-refractivity contribution < 1.29 is 9.90 Å². The molecule has 1 N–H and O–H groups in total. The van der Waals surface area contributed by atoms with Crippen LogP contribution < -0.4 is 0 Å². The number of hydrogen-bond donors (Lipinski definition) is 1. The van der Waals surface area contributed by atoms with Gasteiger partial charge in [-0.05, 0) is 61.7 Å². The number of likely N-dealkylation sites (tertiary alicyclic amines) is 1. The van der Waals surface area contributed by atoms with Crippen LogP contribution in [0.5, 0.6) is 0 Å². The van der Waals surface area contributed by atoms with Crippen molar-refractivity contribution in [2.24, 2.45) is 5.92 Å². The van der Waals surface area contributed by atoms with Crippen molar-refractivity contribution in [1.82, 2.24) is 14.7 Å². The lowest BCUT2D eigenvalue weighted by Crippen LogP contribution is -2.48. The highest BCUT2D eigenvalue weighted by atomic mass is 16.4. The molecule has 5 heteroatoms. The Kier molecular flexibility index (Phi) is 6.82. The second-order valence-corrected chi connectivity index (χ2v) is 8.82. The lowest BCUT2D eigenvalue weighted by Gasteiger charge is -2.39. The Bertz CT molecular complexity index is 825. The van der Waals surface area contributed by atoms with Crippen molar-refractivity contribution in [3.8, 4) is 11.1 Å². The SMILES string of the molecule is CN1CCN(CC2CCN(C(C(=O)O)c3cccc(-c4ccccc4)c3)CC2)CC1. The highest BCUT2D eigenvalue weighted by Crippen LogP contribution is 2.30. The van der Waals surface area contributed by atoms with E-state index in [0.29, 0.717) is 5.92 Å². The number of likely N-dealkylation sites (N-methyl/N-ethyl adjacent to an activating group) is 1. The van der Waals surface area contributed by atoms with Crippen LogP contribution >= 0.6 is 0 Å². The minimum absolute atomic E-state index is 0.571. The van der Waals surface area contributed by atoms with E-state index >= 15 is 0 Å². The van der Waals surface area contributed by atoms with E-state index in [1.165, 1.54) is 0 Å². The number of hydrogen-bond acceptors (Lipinski definition) is 4. The van der Waals surface area contributed by atoms with Gasteiger partial charge in [0, 0.05) is 32.7 Å². The summed E-state index contributed by atoms with van der Waals surface area (Å²) < 4.78 is 0. The van der Waals surface area contributed by atoms with E-state index in [0.717, 1.165) is 75.3 Å². The largest absolute Gasteiger partial charge is 0.480 e. The zero-order valence-electron chi connectivity index (χ0n) is 17.9. The van der Waals surface area contributed by atoms with Crippen LogP contribution in [0.1, 0.15) is 24.4 Å². The Morgan fingerprint density at radius 3 is 2.27 bits per heavy atom. The molecule has 0 saturated carbocycles. The molecule has 1 atom stereocenters. The van der Waals surface area contributed by atoms with E-state index < -0.39 is 12.0 Å². The number of benzene rings is 2. The molecule has 0 spiro atoms. The molecule has 0 radical (unpaired) electrons. The van der Waals surface area contributed by atoms with Gasteiger partial charge < -0.3 is 14.9 Å². The molecule has 2 aliphatic heterocycles. The normalized spacial score (nSPS) is 20.8. The number of piperazine rings is 1. The van der Waals surface area contributed by atoms with Crippen LogP contribution in [-0.4, -0.2) is 78.6 Å². The molecule has 2 aromatic carbocycles. The molecule has 2 fully saturated rings. The van der Waals surface area contributed by atoms with Gasteiger partial charge in [-0.25, -0.2) is 0 Å². The van der Waals surface area contributed by atoms with Crippen molar-refractivity contribution in [2.75, 3.05) is 52.9 Å². The molecular formula is C25H33N3O2. The summed E-state index contributed by atoms with van der Waals surface area (Å²) in [6.45, 7) is 7.47. The number of rotatable bonds is 6. The highest BCUT2D eigenvalue weighted by Gasteiger charge is 2.32. The molecule has 0 bridgehead atoms. The maximum atomic E-state index is 12.2. The first kappa shape index (κ1) is 21.0. The van der Waals surface area contributed by atoms with Crippen molar-refractivity contribution in [3.63, 3.8) is 0 Å². The Hall–Kier alpha value is -2.21. The van der Waals surface area contributed by atoms with Crippen molar-refractivity contribution >= 4 is 5.97 Å². The lowest BCUT2D eigenvalue weighted by atomic mass is 9.92. The number of nitrogens with zero attached hydrogens (tertiary/aromatic N) is 3. The maximum Gasteiger partial charge on any atom is 0.325 e. The number of carboxylic acid groups (broad SMARTS) is 1. The van der Waals surface area contributed by atoms with Gasteiger partial charge in [0.25, 0.3) is 0 Å². The Morgan fingerprint density at radius 2 is 1.60 bits per heavy atom. The first-order valence-corrected chi connectivity index (χ1v) is 11.1. The molecule has 160 valence electrons. The Morgan fingerprint density at radius 1 is 0.933 bits per heavy atom. The molecule has 0 aromatic heterocycles. The molecule has 30 heavy (non-hydrogen) atoms. The van der Waals surface area contributed by atoms with Crippen molar-refractivity contribution in [3.05, 3.63) is 60.2 Å². The minimum atomic E-state index is -0.752. The predicted molar refractivity (Wildman–Crippen MR) is 120 cm³/mol. The van der Waals surface area contributed by atoms with Gasteiger partial charge in [0.05, 0.1) is 0 Å². The molecule has 0 amide bonds. The highest BCUT2D eigenvalue weighted by molar-refractivity contribution is 5.77. The second-order valence-electron chi connectivity index (χ2n) is 8.82. The van der Waals surface area contributed by atoms with Crippen LogP contribution in [0.25, 0.3) is 11.1 Å². The predicted octanol–water partition coefficient (Wildman–Crippen LogP) is 3.44. The van der Waals surface area contributed by atoms with Crippen molar-refractivity contribution in [2.45, 2.75) is 18.9 Å². The Labute approximate surface area is 179 Å². The third-order valence-electron chi connectivity index (χ3n) is 6.67. The van der Waals surface area contributed by atoms with Gasteiger partial charge in [0.15, 0.2) is 0 Å². The van der Waals surface area contributed by atoms with Gasteiger partial charge >= 0.3 is 5.97 Å². The second kappa shape index (κ2) is 9.73. The van der Waals surface area contributed by atoms with Crippen LogP contribution in [0, 0.1) is 5.92 Å². The van der Waals surface area contributed by atoms with Gasteiger partial charge in [-0.2, -0.15) is 0 Å². The molecular weight excluding hydrogens is 374 g/mol. The summed E-state index contributed by atoms with van der Waals surface area (Å²) in [6.07, 6.45) is 2.16. The molecule has 1 unspecified atom stereocenters. The van der Waals surface area contributed by atoms with Crippen LogP contribution in [0.4, 0.5) is 0 Å². The number of carbonyl (C=O) groups is 1. The van der Waals surface area contributed by atoms with Gasteiger partial charge in [0.2, 0.25) is 0 Å². The summed E-state index contributed by atoms with van der Waals surface area (Å²) in [4.78, 5) is 19.4. The summed E-state index contributed by atoms with van der Waals surface area (Å²) in [5.74, 6) is -0.0764.